The molecule has 8 atom stereocenters. The average Bonchev–Trinajstić information content (AvgIpc) is 3.68. The van der Waals surface area contributed by atoms with Gasteiger partial charge in [0.15, 0.2) is 17.0 Å². The lowest BCUT2D eigenvalue weighted by Crippen LogP contribution is -2.28. The molecule has 0 radical (unpaired) electrons. The fourth-order valence-corrected chi connectivity index (χ4v) is 5.06. The lowest BCUT2D eigenvalue weighted by Gasteiger charge is -2.15. The Morgan fingerprint density at radius 1 is 0.952 bits per heavy atom. The molecule has 2 aliphatic heterocycles. The van der Waals surface area contributed by atoms with Crippen LogP contribution >= 0.6 is 18.9 Å². The normalized spacial score (nSPS) is 25.4. The minimum Gasteiger partial charge on any atom is -0.390 e. The predicted octanol–water partition coefficient (Wildman–Crippen LogP) is 1.62. The van der Waals surface area contributed by atoms with E-state index in [-0.39, 0.29) is 18.9 Å². The summed E-state index contributed by atoms with van der Waals surface area (Å²) in [6.07, 6.45) is 4.80. The molecular weight excluding hydrogens is 586 g/mol. The van der Waals surface area contributed by atoms with Gasteiger partial charge in [-0.2, -0.15) is 4.98 Å². The zero-order valence-corrected chi connectivity index (χ0v) is 26.0. The minimum atomic E-state index is -0.648. The molecule has 232 valence electrons. The van der Waals surface area contributed by atoms with Gasteiger partial charge in [-0.3, -0.25) is 9.13 Å². The SMILES string of the molecule is CCCNc1ccn([C@H]2CC(O)[C@@H](COP)O2)c(=O)n1.CCCNc1ncnc2c1ncn2[C@H]1CC(O)[C@@H](COP)O1. The molecule has 0 amide bonds. The lowest BCUT2D eigenvalue weighted by molar-refractivity contribution is -0.0382. The van der Waals surface area contributed by atoms with Gasteiger partial charge in [0, 0.05) is 51.1 Å². The Bertz CT molecular complexity index is 1330. The maximum Gasteiger partial charge on any atom is 0.351 e. The molecule has 2 fully saturated rings. The summed E-state index contributed by atoms with van der Waals surface area (Å²) >= 11 is 0. The number of nitrogens with zero attached hydrogens (tertiary/aromatic N) is 6. The number of fused-ring (bicyclic) bond motifs is 1. The van der Waals surface area contributed by atoms with Crippen LogP contribution in [0.1, 0.15) is 52.0 Å². The van der Waals surface area contributed by atoms with Crippen molar-refractivity contribution in [1.82, 2.24) is 29.1 Å². The van der Waals surface area contributed by atoms with Gasteiger partial charge in [0.25, 0.3) is 0 Å². The van der Waals surface area contributed by atoms with Crippen LogP contribution in [0.25, 0.3) is 11.2 Å². The largest absolute Gasteiger partial charge is 0.390 e. The number of rotatable bonds is 12. The molecular formula is C25H40N8O7P2. The molecule has 2 aliphatic rings. The van der Waals surface area contributed by atoms with Gasteiger partial charge in [-0.1, -0.05) is 13.8 Å². The monoisotopic (exact) mass is 626 g/mol. The summed E-state index contributed by atoms with van der Waals surface area (Å²) < 4.78 is 24.6. The number of hydrogen-bond donors (Lipinski definition) is 4. The number of hydrogen-bond acceptors (Lipinski definition) is 13. The molecule has 0 bridgehead atoms. The molecule has 5 heterocycles. The van der Waals surface area contributed by atoms with Crippen molar-refractivity contribution in [3.05, 3.63) is 35.4 Å². The van der Waals surface area contributed by atoms with Crippen molar-refractivity contribution in [2.24, 2.45) is 0 Å². The molecule has 42 heavy (non-hydrogen) atoms. The standard InChI is InChI=1S/C13H20N5O3P.C12H20N3O4P/c1-2-3-14-12-11-13(16-6-15-12)18(7-17-11)10-4-8(19)9(21-10)5-20-22;1-2-4-13-10-3-5-15(12(17)14-10)11-6-8(16)9(19-11)7-18-20/h6-10,19H,2-5,22H2,1H3,(H,14,15,16);3,5,8-9,11,16H,2,4,6-7,20H2,1H3,(H,13,14,17)/t8?,9-,10-;8?,9-,11-/m11/s1. The van der Waals surface area contributed by atoms with Gasteiger partial charge in [0.2, 0.25) is 0 Å². The highest BCUT2D eigenvalue weighted by atomic mass is 31.0. The van der Waals surface area contributed by atoms with Crippen LogP contribution in [0.2, 0.25) is 0 Å². The van der Waals surface area contributed by atoms with Gasteiger partial charge in [0.1, 0.15) is 36.8 Å². The van der Waals surface area contributed by atoms with Gasteiger partial charge >= 0.3 is 5.69 Å². The number of aliphatic hydroxyl groups is 2. The molecule has 0 aliphatic carbocycles. The number of imidazole rings is 1. The number of nitrogens with one attached hydrogen (secondary N) is 2. The molecule has 0 saturated carbocycles. The maximum atomic E-state index is 12.0. The number of ether oxygens (including phenoxy) is 2. The summed E-state index contributed by atoms with van der Waals surface area (Å²) in [5, 5.41) is 26.2. The van der Waals surface area contributed by atoms with Crippen LogP contribution < -0.4 is 16.3 Å². The van der Waals surface area contributed by atoms with E-state index in [4.69, 9.17) is 18.5 Å². The van der Waals surface area contributed by atoms with Gasteiger partial charge in [-0.05, 0) is 18.9 Å². The van der Waals surface area contributed by atoms with Crippen LogP contribution in [0.5, 0.6) is 0 Å². The van der Waals surface area contributed by atoms with Crippen LogP contribution in [0.4, 0.5) is 11.6 Å². The highest BCUT2D eigenvalue weighted by Gasteiger charge is 2.36. The summed E-state index contributed by atoms with van der Waals surface area (Å²) in [6.45, 7) is 6.31. The van der Waals surface area contributed by atoms with E-state index in [2.05, 4.69) is 56.4 Å². The van der Waals surface area contributed by atoms with Crippen LogP contribution in [0.3, 0.4) is 0 Å². The molecule has 4 N–H and O–H groups in total. The molecule has 3 aromatic rings. The summed E-state index contributed by atoms with van der Waals surface area (Å²) in [5.41, 5.74) is 1.01. The molecule has 15 nitrogen and oxygen atoms in total. The van der Waals surface area contributed by atoms with E-state index >= 15 is 0 Å². The van der Waals surface area contributed by atoms with E-state index in [0.717, 1.165) is 25.9 Å². The zero-order chi connectivity index (χ0) is 30.1. The molecule has 5 rings (SSSR count). The third-order valence-electron chi connectivity index (χ3n) is 6.84. The van der Waals surface area contributed by atoms with Crippen molar-refractivity contribution < 1.29 is 28.7 Å². The van der Waals surface area contributed by atoms with Crippen molar-refractivity contribution in [2.45, 2.75) is 76.4 Å². The highest BCUT2D eigenvalue weighted by Crippen LogP contribution is 2.32. The minimum absolute atomic E-state index is 0.265. The molecule has 2 saturated heterocycles. The van der Waals surface area contributed by atoms with Crippen LogP contribution in [0.15, 0.2) is 29.7 Å². The number of aliphatic hydroxyl groups excluding tert-OH is 2. The molecule has 0 aromatic carbocycles. The van der Waals surface area contributed by atoms with E-state index in [1.807, 2.05) is 11.5 Å². The fourth-order valence-electron chi connectivity index (χ4n) is 4.68. The van der Waals surface area contributed by atoms with Crippen LogP contribution in [0, 0.1) is 0 Å². The Morgan fingerprint density at radius 2 is 1.57 bits per heavy atom. The quantitative estimate of drug-likeness (QED) is 0.213. The van der Waals surface area contributed by atoms with Crippen molar-refractivity contribution in [1.29, 1.82) is 0 Å². The van der Waals surface area contributed by atoms with Gasteiger partial charge < -0.3 is 39.4 Å². The van der Waals surface area contributed by atoms with Crippen molar-refractivity contribution in [2.75, 3.05) is 36.9 Å². The third-order valence-corrected chi connectivity index (χ3v) is 7.22. The topological polar surface area (TPSA) is 180 Å². The second-order valence-corrected chi connectivity index (χ2v) is 10.6. The predicted molar refractivity (Wildman–Crippen MR) is 162 cm³/mol. The van der Waals surface area contributed by atoms with Crippen molar-refractivity contribution >= 4 is 41.7 Å². The first-order chi connectivity index (χ1) is 20.4. The fraction of sp³-hybridized carbons (Fsp3) is 0.640. The summed E-state index contributed by atoms with van der Waals surface area (Å²) in [7, 11) is 4.29. The van der Waals surface area contributed by atoms with Crippen LogP contribution in [-0.2, 0) is 18.5 Å². The first-order valence-electron chi connectivity index (χ1n) is 13.9. The molecule has 3 aromatic heterocycles. The van der Waals surface area contributed by atoms with Crippen LogP contribution in [-0.4, -0.2) is 90.0 Å². The maximum absolute atomic E-state index is 12.0. The highest BCUT2D eigenvalue weighted by molar-refractivity contribution is 7.10. The molecule has 4 unspecified atom stereocenters. The van der Waals surface area contributed by atoms with Gasteiger partial charge in [-0.15, -0.1) is 0 Å². The summed E-state index contributed by atoms with van der Waals surface area (Å²) in [5.74, 6) is 1.27. The van der Waals surface area contributed by atoms with Gasteiger partial charge in [0.05, 0.1) is 31.7 Å². The Hall–Kier alpha value is -2.35. The Kier molecular flexibility index (Phi) is 12.3. The van der Waals surface area contributed by atoms with Crippen molar-refractivity contribution in [3.63, 3.8) is 0 Å². The van der Waals surface area contributed by atoms with Crippen molar-refractivity contribution in [3.8, 4) is 0 Å². The zero-order valence-electron chi connectivity index (χ0n) is 23.7. The average molecular weight is 627 g/mol. The Balaban J connectivity index is 0.000000194. The van der Waals surface area contributed by atoms with E-state index in [1.54, 1.807) is 18.6 Å². The van der Waals surface area contributed by atoms with E-state index in [1.165, 1.54) is 10.9 Å². The third kappa shape index (κ3) is 7.97. The summed E-state index contributed by atoms with van der Waals surface area (Å²) in [6, 6.07) is 1.73. The first kappa shape index (κ1) is 32.6. The number of aromatic nitrogens is 6. The second-order valence-electron chi connectivity index (χ2n) is 9.93. The Labute approximate surface area is 248 Å². The molecule has 17 heteroatoms. The van der Waals surface area contributed by atoms with E-state index < -0.39 is 30.2 Å². The van der Waals surface area contributed by atoms with Gasteiger partial charge in [-0.25, -0.2) is 19.7 Å². The number of anilines is 2. The van der Waals surface area contributed by atoms with E-state index in [0.29, 0.717) is 42.2 Å². The Morgan fingerprint density at radius 3 is 2.17 bits per heavy atom. The van der Waals surface area contributed by atoms with E-state index in [9.17, 15) is 15.0 Å². The smallest absolute Gasteiger partial charge is 0.351 e. The first-order valence-corrected chi connectivity index (χ1v) is 14.9. The lowest BCUT2D eigenvalue weighted by atomic mass is 10.2. The molecule has 0 spiro atoms. The summed E-state index contributed by atoms with van der Waals surface area (Å²) in [4.78, 5) is 28.9. The second kappa shape index (κ2) is 15.9.